The van der Waals surface area contributed by atoms with Crippen molar-refractivity contribution in [3.8, 4) is 0 Å². The molecule has 2 rings (SSSR count). The summed E-state index contributed by atoms with van der Waals surface area (Å²) in [5.41, 5.74) is 4.42. The van der Waals surface area contributed by atoms with Crippen molar-refractivity contribution in [1.82, 2.24) is 5.43 Å². The zero-order valence-electron chi connectivity index (χ0n) is 6.38. The number of rotatable bonds is 1. The van der Waals surface area contributed by atoms with E-state index in [0.717, 1.165) is 18.8 Å². The van der Waals surface area contributed by atoms with Crippen LogP contribution in [0.1, 0.15) is 6.42 Å². The molecule has 0 atom stereocenters. The lowest BCUT2D eigenvalue weighted by Gasteiger charge is -2.16. The van der Waals surface area contributed by atoms with Crippen molar-refractivity contribution in [2.75, 3.05) is 18.1 Å². The Labute approximate surface area is 66.8 Å². The fraction of sp³-hybridized carbons (Fsp3) is 0.333. The lowest BCUT2D eigenvalue weighted by molar-refractivity contribution is 0.787. The normalized spacial score (nSPS) is 17.3. The second-order valence-electron chi connectivity index (χ2n) is 2.66. The van der Waals surface area contributed by atoms with E-state index >= 15 is 0 Å². The van der Waals surface area contributed by atoms with Gasteiger partial charge in [0.2, 0.25) is 0 Å². The van der Waals surface area contributed by atoms with E-state index in [4.69, 9.17) is 0 Å². The van der Waals surface area contributed by atoms with Gasteiger partial charge in [0, 0.05) is 19.2 Å². The van der Waals surface area contributed by atoms with Gasteiger partial charge in [-0.05, 0) is 12.5 Å². The van der Waals surface area contributed by atoms with E-state index in [1.54, 1.807) is 0 Å². The first-order valence-electron chi connectivity index (χ1n) is 3.94. The summed E-state index contributed by atoms with van der Waals surface area (Å²) in [4.78, 5) is 0. The maximum atomic E-state index is 3.27. The molecule has 1 aliphatic rings. The summed E-state index contributed by atoms with van der Waals surface area (Å²) in [6.45, 7) is 2.18. The highest BCUT2D eigenvalue weighted by molar-refractivity contribution is 5.43. The first kappa shape index (κ1) is 6.68. The highest BCUT2D eigenvalue weighted by Gasteiger charge is 2.10. The van der Waals surface area contributed by atoms with E-state index in [0.29, 0.717) is 0 Å². The smallest absolute Gasteiger partial charge is 0.0598 e. The topological polar surface area (TPSA) is 15.3 Å². The van der Waals surface area contributed by atoms with Crippen LogP contribution < -0.4 is 10.4 Å². The third kappa shape index (κ3) is 1.35. The van der Waals surface area contributed by atoms with Gasteiger partial charge in [0.15, 0.2) is 0 Å². The number of hydrogen-bond acceptors (Lipinski definition) is 2. The molecule has 1 fully saturated rings. The second-order valence-corrected chi connectivity index (χ2v) is 2.66. The SMILES string of the molecule is [c]1ccccc1N1CCCN1. The van der Waals surface area contributed by atoms with Gasteiger partial charge in [-0.1, -0.05) is 18.2 Å². The van der Waals surface area contributed by atoms with E-state index in [1.165, 1.54) is 6.42 Å². The third-order valence-corrected chi connectivity index (χ3v) is 1.84. The number of nitrogens with zero attached hydrogens (tertiary/aromatic N) is 1. The first-order chi connectivity index (χ1) is 5.47. The lowest BCUT2D eigenvalue weighted by Crippen LogP contribution is -2.30. The monoisotopic (exact) mass is 147 g/mol. The molecule has 1 N–H and O–H groups in total. The van der Waals surface area contributed by atoms with Crippen molar-refractivity contribution in [2.24, 2.45) is 0 Å². The molecular formula is C9H11N2. The molecule has 0 spiro atoms. The molecule has 11 heavy (non-hydrogen) atoms. The van der Waals surface area contributed by atoms with Crippen LogP contribution in [0.15, 0.2) is 24.3 Å². The summed E-state index contributed by atoms with van der Waals surface area (Å²) in [5, 5.41) is 2.14. The van der Waals surface area contributed by atoms with Gasteiger partial charge in [0.05, 0.1) is 5.69 Å². The molecule has 2 heteroatoms. The summed E-state index contributed by atoms with van der Waals surface area (Å²) in [6, 6.07) is 11.2. The van der Waals surface area contributed by atoms with E-state index in [1.807, 2.05) is 18.2 Å². The summed E-state index contributed by atoms with van der Waals surface area (Å²) < 4.78 is 0. The Hall–Kier alpha value is -1.02. The standard InChI is InChI=1S/C9H11N2/c1-2-5-9(6-3-1)11-8-4-7-10-11/h1-3,5,10H,4,7-8H2. The maximum absolute atomic E-state index is 3.27. The van der Waals surface area contributed by atoms with Gasteiger partial charge >= 0.3 is 0 Å². The van der Waals surface area contributed by atoms with Gasteiger partial charge in [0.25, 0.3) is 0 Å². The molecule has 1 aromatic rings. The molecule has 0 bridgehead atoms. The van der Waals surface area contributed by atoms with E-state index in [9.17, 15) is 0 Å². The first-order valence-corrected chi connectivity index (χ1v) is 3.94. The summed E-state index contributed by atoms with van der Waals surface area (Å²) in [7, 11) is 0. The minimum atomic E-state index is 1.09. The van der Waals surface area contributed by atoms with Crippen LogP contribution >= 0.6 is 0 Å². The molecule has 0 amide bonds. The average molecular weight is 147 g/mol. The quantitative estimate of drug-likeness (QED) is 0.642. The minimum Gasteiger partial charge on any atom is -0.308 e. The largest absolute Gasteiger partial charge is 0.308 e. The molecule has 2 nitrogen and oxygen atoms in total. The van der Waals surface area contributed by atoms with Crippen LogP contribution in [0.2, 0.25) is 0 Å². The predicted molar refractivity (Wildman–Crippen MR) is 45.2 cm³/mol. The fourth-order valence-corrected chi connectivity index (χ4v) is 1.29. The molecule has 1 radical (unpaired) electrons. The molecule has 1 heterocycles. The van der Waals surface area contributed by atoms with E-state index in [-0.39, 0.29) is 0 Å². The highest BCUT2D eigenvalue weighted by Crippen LogP contribution is 2.12. The van der Waals surface area contributed by atoms with Crippen LogP contribution in [-0.2, 0) is 0 Å². The Morgan fingerprint density at radius 1 is 1.45 bits per heavy atom. The molecule has 1 saturated heterocycles. The second kappa shape index (κ2) is 2.93. The van der Waals surface area contributed by atoms with Crippen molar-refractivity contribution in [3.05, 3.63) is 30.3 Å². The number of hydrazine groups is 1. The van der Waals surface area contributed by atoms with Crippen molar-refractivity contribution < 1.29 is 0 Å². The van der Waals surface area contributed by atoms with Crippen molar-refractivity contribution in [2.45, 2.75) is 6.42 Å². The number of benzene rings is 1. The molecule has 0 aliphatic carbocycles. The zero-order chi connectivity index (χ0) is 7.52. The average Bonchev–Trinajstić information content (AvgIpc) is 2.58. The molecule has 1 aliphatic heterocycles. The van der Waals surface area contributed by atoms with Gasteiger partial charge in [-0.15, -0.1) is 0 Å². The molecular weight excluding hydrogens is 136 g/mol. The number of anilines is 1. The maximum Gasteiger partial charge on any atom is 0.0598 e. The van der Waals surface area contributed by atoms with Crippen LogP contribution in [0.5, 0.6) is 0 Å². The molecule has 0 unspecified atom stereocenters. The van der Waals surface area contributed by atoms with Gasteiger partial charge < -0.3 is 5.01 Å². The van der Waals surface area contributed by atoms with Crippen LogP contribution in [-0.4, -0.2) is 13.1 Å². The number of nitrogens with one attached hydrogen (secondary N) is 1. The van der Waals surface area contributed by atoms with Crippen molar-refractivity contribution in [3.63, 3.8) is 0 Å². The minimum absolute atomic E-state index is 1.09. The lowest BCUT2D eigenvalue weighted by atomic mass is 10.3. The highest BCUT2D eigenvalue weighted by atomic mass is 15.5. The van der Waals surface area contributed by atoms with Gasteiger partial charge in [-0.2, -0.15) is 0 Å². The van der Waals surface area contributed by atoms with E-state index < -0.39 is 0 Å². The Kier molecular flexibility index (Phi) is 1.78. The van der Waals surface area contributed by atoms with Crippen molar-refractivity contribution in [1.29, 1.82) is 0 Å². The zero-order valence-corrected chi connectivity index (χ0v) is 6.38. The Morgan fingerprint density at radius 2 is 2.45 bits per heavy atom. The Morgan fingerprint density at radius 3 is 3.09 bits per heavy atom. The van der Waals surface area contributed by atoms with Crippen molar-refractivity contribution >= 4 is 5.69 Å². The fourth-order valence-electron chi connectivity index (χ4n) is 1.29. The van der Waals surface area contributed by atoms with Gasteiger partial charge in [-0.3, -0.25) is 0 Å². The Balaban J connectivity index is 2.16. The van der Waals surface area contributed by atoms with Crippen LogP contribution in [0, 0.1) is 6.07 Å². The third-order valence-electron chi connectivity index (χ3n) is 1.84. The molecule has 57 valence electrons. The molecule has 1 aromatic carbocycles. The summed E-state index contributed by atoms with van der Waals surface area (Å²) >= 11 is 0. The predicted octanol–water partition coefficient (Wildman–Crippen LogP) is 1.20. The van der Waals surface area contributed by atoms with E-state index in [2.05, 4.69) is 22.6 Å². The molecule has 0 aromatic heterocycles. The number of para-hydroxylation sites is 1. The van der Waals surface area contributed by atoms with Gasteiger partial charge in [-0.25, -0.2) is 5.43 Å². The summed E-state index contributed by atoms with van der Waals surface area (Å²) in [5.74, 6) is 0. The Bertz CT molecular complexity index is 214. The summed E-state index contributed by atoms with van der Waals surface area (Å²) in [6.07, 6.45) is 1.22. The van der Waals surface area contributed by atoms with Gasteiger partial charge in [0.1, 0.15) is 0 Å². The van der Waals surface area contributed by atoms with Crippen LogP contribution in [0.25, 0.3) is 0 Å². The van der Waals surface area contributed by atoms with Crippen LogP contribution in [0.4, 0.5) is 5.69 Å². The van der Waals surface area contributed by atoms with Crippen LogP contribution in [0.3, 0.4) is 0 Å². The molecule has 0 saturated carbocycles. The number of hydrogen-bond donors (Lipinski definition) is 1.